The second kappa shape index (κ2) is 13.1. The maximum Gasteiger partial charge on any atom is 0.135 e. The molecule has 0 fully saturated rings. The SMILES string of the molecule is C=C/C=C\CC(C)(C)c1cc(-c2cc#ccc2)cc(N(c2ccc(C3=CC=CC4c5ccccc5OC34)cc2)c2cccc3ccccc23)c1. The number of para-hydroxylation sites is 1. The summed E-state index contributed by atoms with van der Waals surface area (Å²) in [4.78, 5) is 2.41. The molecular weight excluding hydrogens is 607 g/mol. The molecule has 50 heavy (non-hydrogen) atoms. The van der Waals surface area contributed by atoms with Gasteiger partial charge in [-0.3, -0.25) is 0 Å². The first-order chi connectivity index (χ1) is 24.5. The van der Waals surface area contributed by atoms with Gasteiger partial charge in [0.05, 0.1) is 5.69 Å². The van der Waals surface area contributed by atoms with Crippen LogP contribution in [0, 0.1) is 12.1 Å². The molecule has 6 aromatic rings. The molecule has 0 aromatic heterocycles. The maximum absolute atomic E-state index is 6.53. The number of hydrogen-bond acceptors (Lipinski definition) is 2. The maximum atomic E-state index is 6.53. The first-order valence-corrected chi connectivity index (χ1v) is 17.3. The van der Waals surface area contributed by atoms with Crippen molar-refractivity contribution in [3.8, 4) is 16.9 Å². The molecule has 1 aliphatic carbocycles. The van der Waals surface area contributed by atoms with Gasteiger partial charge in [0.25, 0.3) is 0 Å². The van der Waals surface area contributed by atoms with E-state index in [2.05, 4.69) is 171 Å². The smallest absolute Gasteiger partial charge is 0.135 e. The van der Waals surface area contributed by atoms with Crippen molar-refractivity contribution in [2.45, 2.75) is 37.7 Å². The lowest BCUT2D eigenvalue weighted by atomic mass is 9.80. The van der Waals surface area contributed by atoms with Crippen LogP contribution in [0.1, 0.15) is 42.9 Å². The van der Waals surface area contributed by atoms with E-state index in [4.69, 9.17) is 4.74 Å². The minimum Gasteiger partial charge on any atom is -0.484 e. The summed E-state index contributed by atoms with van der Waals surface area (Å²) in [7, 11) is 0. The van der Waals surface area contributed by atoms with Crippen molar-refractivity contribution in [2.75, 3.05) is 4.90 Å². The lowest BCUT2D eigenvalue weighted by Crippen LogP contribution is -2.21. The third-order valence-corrected chi connectivity index (χ3v) is 10.1. The fraction of sp³-hybridized carbons (Fsp3) is 0.125. The van der Waals surface area contributed by atoms with Crippen LogP contribution >= 0.6 is 0 Å². The van der Waals surface area contributed by atoms with Crippen LogP contribution in [0.25, 0.3) is 27.5 Å². The van der Waals surface area contributed by atoms with Crippen LogP contribution in [-0.4, -0.2) is 6.10 Å². The monoisotopic (exact) mass is 645 g/mol. The molecule has 0 saturated carbocycles. The Morgan fingerprint density at radius 2 is 1.62 bits per heavy atom. The number of ether oxygens (including phenoxy) is 1. The van der Waals surface area contributed by atoms with Crippen LogP contribution in [0.15, 0.2) is 170 Å². The molecule has 0 spiro atoms. The number of fused-ring (bicyclic) bond motifs is 4. The second-order valence-corrected chi connectivity index (χ2v) is 13.7. The molecule has 2 unspecified atom stereocenters. The quantitative estimate of drug-likeness (QED) is 0.145. The fourth-order valence-corrected chi connectivity index (χ4v) is 7.37. The van der Waals surface area contributed by atoms with Gasteiger partial charge in [-0.05, 0) is 94.1 Å². The van der Waals surface area contributed by atoms with Gasteiger partial charge in [-0.2, -0.15) is 0 Å². The topological polar surface area (TPSA) is 12.5 Å². The van der Waals surface area contributed by atoms with Crippen molar-refractivity contribution in [3.63, 3.8) is 0 Å². The number of allylic oxidation sites excluding steroid dienone is 5. The number of anilines is 3. The van der Waals surface area contributed by atoms with Gasteiger partial charge in [0.1, 0.15) is 11.9 Å². The zero-order valence-corrected chi connectivity index (χ0v) is 28.5. The zero-order chi connectivity index (χ0) is 34.1. The van der Waals surface area contributed by atoms with Crippen LogP contribution in [0.4, 0.5) is 17.1 Å². The standard InChI is InChI=1S/C48H39NO/c1-4-5-13-30-48(2,3)38-31-37(34-16-7-6-8-17-34)32-40(33-38)49(45-24-14-19-35-18-9-10-20-41(35)45)39-28-26-36(27-29-39)42-22-15-23-44-43-21-11-12-25-46(43)50-47(42)44/h4-5,7,9-29,31-33,44,47H,1,30H2,2-3H3/b13-5-. The molecule has 0 radical (unpaired) electrons. The van der Waals surface area contributed by atoms with Gasteiger partial charge in [-0.1, -0.05) is 142 Å². The molecule has 0 amide bonds. The third-order valence-electron chi connectivity index (χ3n) is 10.1. The molecule has 2 nitrogen and oxygen atoms in total. The van der Waals surface area contributed by atoms with E-state index in [-0.39, 0.29) is 17.4 Å². The summed E-state index contributed by atoms with van der Waals surface area (Å²) in [5.74, 6) is 1.20. The number of hydrogen-bond donors (Lipinski definition) is 0. The first kappa shape index (κ1) is 31.2. The van der Waals surface area contributed by atoms with Gasteiger partial charge >= 0.3 is 0 Å². The molecule has 0 bridgehead atoms. The summed E-state index contributed by atoms with van der Waals surface area (Å²) in [5, 5.41) is 2.40. The van der Waals surface area contributed by atoms with Crippen LogP contribution in [-0.2, 0) is 5.41 Å². The minimum atomic E-state index is -0.125. The van der Waals surface area contributed by atoms with Crippen LogP contribution < -0.4 is 9.64 Å². The minimum absolute atomic E-state index is 0.0334. The second-order valence-electron chi connectivity index (χ2n) is 13.7. The summed E-state index contributed by atoms with van der Waals surface area (Å²) in [6.45, 7) is 8.51. The van der Waals surface area contributed by atoms with Crippen molar-refractivity contribution in [3.05, 3.63) is 199 Å². The van der Waals surface area contributed by atoms with E-state index >= 15 is 0 Å². The highest BCUT2D eigenvalue weighted by molar-refractivity contribution is 5.99. The van der Waals surface area contributed by atoms with Crippen molar-refractivity contribution in [2.24, 2.45) is 0 Å². The van der Waals surface area contributed by atoms with Gasteiger partial charge in [0.2, 0.25) is 0 Å². The highest BCUT2D eigenvalue weighted by Gasteiger charge is 2.36. The molecular formula is C48H39NO. The van der Waals surface area contributed by atoms with E-state index in [1.165, 1.54) is 33.0 Å². The molecule has 242 valence electrons. The number of rotatable bonds is 9. The summed E-state index contributed by atoms with van der Waals surface area (Å²) in [6.07, 6.45) is 13.6. The van der Waals surface area contributed by atoms with E-state index in [1.54, 1.807) is 0 Å². The number of nitrogens with zero attached hydrogens (tertiary/aromatic N) is 1. The highest BCUT2D eigenvalue weighted by atomic mass is 16.5. The predicted octanol–water partition coefficient (Wildman–Crippen LogP) is 12.5. The van der Waals surface area contributed by atoms with E-state index < -0.39 is 0 Å². The molecule has 6 aromatic carbocycles. The van der Waals surface area contributed by atoms with E-state index in [0.29, 0.717) is 0 Å². The normalized spacial score (nSPS) is 16.3. The van der Waals surface area contributed by atoms with E-state index in [9.17, 15) is 0 Å². The van der Waals surface area contributed by atoms with Crippen molar-refractivity contribution >= 4 is 33.4 Å². The molecule has 8 rings (SSSR count). The Hall–Kier alpha value is -6.04. The molecule has 2 aliphatic rings. The Labute approximate surface area is 296 Å². The molecule has 1 heterocycles. The predicted molar refractivity (Wildman–Crippen MR) is 209 cm³/mol. The van der Waals surface area contributed by atoms with Crippen LogP contribution in [0.3, 0.4) is 0 Å². The van der Waals surface area contributed by atoms with Gasteiger partial charge in [0.15, 0.2) is 0 Å². The number of benzene rings is 5. The van der Waals surface area contributed by atoms with Crippen LogP contribution in [0.2, 0.25) is 0 Å². The third kappa shape index (κ3) is 5.82. The average molecular weight is 646 g/mol. The van der Waals surface area contributed by atoms with Gasteiger partial charge in [-0.25, -0.2) is 0 Å². The van der Waals surface area contributed by atoms with Crippen molar-refractivity contribution in [1.82, 2.24) is 0 Å². The van der Waals surface area contributed by atoms with Crippen molar-refractivity contribution < 1.29 is 4.74 Å². The summed E-state index contributed by atoms with van der Waals surface area (Å²) >= 11 is 0. The van der Waals surface area contributed by atoms with Crippen molar-refractivity contribution in [1.29, 1.82) is 0 Å². The molecule has 0 N–H and O–H groups in total. The zero-order valence-electron chi connectivity index (χ0n) is 28.5. The lowest BCUT2D eigenvalue weighted by Gasteiger charge is -2.31. The van der Waals surface area contributed by atoms with Gasteiger partial charge in [0, 0.05) is 33.8 Å². The molecule has 2 atom stereocenters. The highest BCUT2D eigenvalue weighted by Crippen LogP contribution is 2.47. The first-order valence-electron chi connectivity index (χ1n) is 17.3. The Morgan fingerprint density at radius 1 is 0.800 bits per heavy atom. The van der Waals surface area contributed by atoms with Gasteiger partial charge < -0.3 is 9.64 Å². The molecule has 1 aliphatic heterocycles. The summed E-state index contributed by atoms with van der Waals surface area (Å²) in [5.41, 5.74) is 10.3. The molecule has 0 saturated heterocycles. The molecule has 2 heteroatoms. The Bertz CT molecular complexity index is 2270. The Balaban J connectivity index is 1.27. The van der Waals surface area contributed by atoms with Gasteiger partial charge in [-0.15, -0.1) is 0 Å². The largest absolute Gasteiger partial charge is 0.484 e. The Kier molecular flexibility index (Phi) is 8.19. The van der Waals surface area contributed by atoms with Crippen LogP contribution in [0.5, 0.6) is 5.75 Å². The average Bonchev–Trinajstić information content (AvgIpc) is 3.55. The van der Waals surface area contributed by atoms with E-state index in [1.807, 2.05) is 30.4 Å². The Morgan fingerprint density at radius 3 is 2.46 bits per heavy atom. The summed E-state index contributed by atoms with van der Waals surface area (Å²) in [6, 6.07) is 51.9. The summed E-state index contributed by atoms with van der Waals surface area (Å²) < 4.78 is 6.53. The fourth-order valence-electron chi connectivity index (χ4n) is 7.37. The van der Waals surface area contributed by atoms with E-state index in [0.717, 1.165) is 40.4 Å². The lowest BCUT2D eigenvalue weighted by molar-refractivity contribution is 0.278.